The first-order valence-corrected chi connectivity index (χ1v) is 6.23. The molecule has 1 heterocycles. The average Bonchev–Trinajstić information content (AvgIpc) is 2.39. The Hall–Kier alpha value is -1.09. The van der Waals surface area contributed by atoms with Gasteiger partial charge in [-0.25, -0.2) is 0 Å². The Labute approximate surface area is 103 Å². The molecule has 0 unspecified atom stereocenters. The number of benzene rings is 1. The van der Waals surface area contributed by atoms with Gasteiger partial charge in [-0.15, -0.1) is 0 Å². The van der Waals surface area contributed by atoms with E-state index in [-0.39, 0.29) is 0 Å². The van der Waals surface area contributed by atoms with Gasteiger partial charge in [-0.1, -0.05) is 30.3 Å². The normalized spacial score (nSPS) is 17.2. The molecule has 86 valence electrons. The lowest BCUT2D eigenvalue weighted by Crippen LogP contribution is -2.42. The number of nitrogens with zero attached hydrogens (tertiary/aromatic N) is 1. The fourth-order valence-electron chi connectivity index (χ4n) is 2.30. The van der Waals surface area contributed by atoms with Gasteiger partial charge in [-0.2, -0.15) is 0 Å². The summed E-state index contributed by atoms with van der Waals surface area (Å²) >= 11 is 5.25. The van der Waals surface area contributed by atoms with Crippen LogP contribution >= 0.6 is 12.2 Å². The Bertz CT molecular complexity index is 342. The quantitative estimate of drug-likeness (QED) is 0.751. The summed E-state index contributed by atoms with van der Waals surface area (Å²) in [5.41, 5.74) is 1.47. The predicted molar refractivity (Wildman–Crippen MR) is 71.6 cm³/mol. The molecule has 1 N–H and O–H groups in total. The zero-order valence-electron chi connectivity index (χ0n) is 9.65. The lowest BCUT2D eigenvalue weighted by atomic mass is 9.90. The maximum Gasteiger partial charge on any atom is 0.168 e. The molecule has 3 heteroatoms. The van der Waals surface area contributed by atoms with Crippen LogP contribution in [0.5, 0.6) is 0 Å². The molecule has 0 saturated carbocycles. The van der Waals surface area contributed by atoms with Crippen molar-refractivity contribution in [3.63, 3.8) is 0 Å². The Kier molecular flexibility index (Phi) is 3.78. The van der Waals surface area contributed by atoms with Gasteiger partial charge in [0, 0.05) is 20.1 Å². The highest BCUT2D eigenvalue weighted by molar-refractivity contribution is 7.80. The Morgan fingerprint density at radius 2 is 1.88 bits per heavy atom. The number of piperidine rings is 1. The molecular formula is C13H18N2S. The molecule has 0 aliphatic carbocycles. The highest BCUT2D eigenvalue weighted by Gasteiger charge is 2.21. The van der Waals surface area contributed by atoms with Crippen LogP contribution in [0.3, 0.4) is 0 Å². The maximum atomic E-state index is 5.25. The minimum absolute atomic E-state index is 0.706. The number of hydrogen-bond donors (Lipinski definition) is 1. The van der Waals surface area contributed by atoms with Gasteiger partial charge in [-0.3, -0.25) is 0 Å². The largest absolute Gasteiger partial charge is 0.366 e. The second-order valence-electron chi connectivity index (χ2n) is 4.23. The van der Waals surface area contributed by atoms with Crippen molar-refractivity contribution in [1.82, 2.24) is 10.2 Å². The zero-order valence-corrected chi connectivity index (χ0v) is 10.5. The minimum atomic E-state index is 0.706. The van der Waals surface area contributed by atoms with Crippen LogP contribution in [0.1, 0.15) is 24.3 Å². The van der Waals surface area contributed by atoms with E-state index in [0.29, 0.717) is 5.92 Å². The zero-order chi connectivity index (χ0) is 11.4. The lowest BCUT2D eigenvalue weighted by molar-refractivity contribution is 0.311. The first kappa shape index (κ1) is 11.4. The SMILES string of the molecule is CNC(=S)N1CCC(c2ccccc2)CC1. The van der Waals surface area contributed by atoms with Gasteiger partial charge in [0.05, 0.1) is 0 Å². The summed E-state index contributed by atoms with van der Waals surface area (Å²) in [7, 11) is 1.89. The maximum absolute atomic E-state index is 5.25. The third-order valence-corrected chi connectivity index (χ3v) is 3.73. The molecule has 1 aliphatic rings. The van der Waals surface area contributed by atoms with Crippen LogP contribution in [0.15, 0.2) is 30.3 Å². The summed E-state index contributed by atoms with van der Waals surface area (Å²) in [5, 5.41) is 3.93. The van der Waals surface area contributed by atoms with Crippen LogP contribution in [-0.4, -0.2) is 30.1 Å². The molecule has 1 aliphatic heterocycles. The fraction of sp³-hybridized carbons (Fsp3) is 0.462. The molecule has 2 nitrogen and oxygen atoms in total. The van der Waals surface area contributed by atoms with Crippen LogP contribution in [0.2, 0.25) is 0 Å². The van der Waals surface area contributed by atoms with Crippen LogP contribution < -0.4 is 5.32 Å². The molecule has 1 aromatic rings. The van der Waals surface area contributed by atoms with Gasteiger partial charge < -0.3 is 10.2 Å². The summed E-state index contributed by atoms with van der Waals surface area (Å²) in [6.07, 6.45) is 2.40. The summed E-state index contributed by atoms with van der Waals surface area (Å²) < 4.78 is 0. The lowest BCUT2D eigenvalue weighted by Gasteiger charge is -2.33. The first-order chi connectivity index (χ1) is 7.81. The molecular weight excluding hydrogens is 216 g/mol. The second kappa shape index (κ2) is 5.30. The third-order valence-electron chi connectivity index (χ3n) is 3.27. The number of likely N-dealkylation sites (tertiary alicyclic amines) is 1. The molecule has 0 aromatic heterocycles. The standard InChI is InChI=1S/C13H18N2S/c1-14-13(16)15-9-7-12(8-10-15)11-5-3-2-4-6-11/h2-6,12H,7-10H2,1H3,(H,14,16). The van der Waals surface area contributed by atoms with E-state index < -0.39 is 0 Å². The van der Waals surface area contributed by atoms with Crippen molar-refractivity contribution in [1.29, 1.82) is 0 Å². The summed E-state index contributed by atoms with van der Waals surface area (Å²) in [6, 6.07) is 10.8. The second-order valence-corrected chi connectivity index (χ2v) is 4.61. The van der Waals surface area contributed by atoms with E-state index in [4.69, 9.17) is 12.2 Å². The van der Waals surface area contributed by atoms with E-state index in [1.54, 1.807) is 0 Å². The van der Waals surface area contributed by atoms with Crippen molar-refractivity contribution in [2.24, 2.45) is 0 Å². The van der Waals surface area contributed by atoms with E-state index in [9.17, 15) is 0 Å². The van der Waals surface area contributed by atoms with Crippen molar-refractivity contribution in [3.05, 3.63) is 35.9 Å². The molecule has 2 rings (SSSR count). The Balaban J connectivity index is 1.93. The highest BCUT2D eigenvalue weighted by Crippen LogP contribution is 2.27. The van der Waals surface area contributed by atoms with Gasteiger partial charge in [-0.05, 0) is 36.5 Å². The van der Waals surface area contributed by atoms with E-state index in [2.05, 4.69) is 40.5 Å². The number of rotatable bonds is 1. The molecule has 16 heavy (non-hydrogen) atoms. The van der Waals surface area contributed by atoms with Crippen molar-refractivity contribution < 1.29 is 0 Å². The summed E-state index contributed by atoms with van der Waals surface area (Å²) in [5.74, 6) is 0.706. The molecule has 0 atom stereocenters. The van der Waals surface area contributed by atoms with Gasteiger partial charge in [0.1, 0.15) is 0 Å². The molecule has 1 aromatic carbocycles. The van der Waals surface area contributed by atoms with E-state index in [0.717, 1.165) is 18.2 Å². The number of nitrogens with one attached hydrogen (secondary N) is 1. The van der Waals surface area contributed by atoms with Crippen molar-refractivity contribution in [2.75, 3.05) is 20.1 Å². The van der Waals surface area contributed by atoms with Crippen LogP contribution in [0.4, 0.5) is 0 Å². The average molecular weight is 234 g/mol. The van der Waals surface area contributed by atoms with Crippen LogP contribution in [0.25, 0.3) is 0 Å². The Morgan fingerprint density at radius 3 is 2.44 bits per heavy atom. The van der Waals surface area contributed by atoms with Gasteiger partial charge >= 0.3 is 0 Å². The smallest absolute Gasteiger partial charge is 0.168 e. The molecule has 0 spiro atoms. The molecule has 0 bridgehead atoms. The van der Waals surface area contributed by atoms with Crippen LogP contribution in [-0.2, 0) is 0 Å². The third kappa shape index (κ3) is 2.53. The van der Waals surface area contributed by atoms with Crippen molar-refractivity contribution >= 4 is 17.3 Å². The molecule has 0 amide bonds. The highest BCUT2D eigenvalue weighted by atomic mass is 32.1. The van der Waals surface area contributed by atoms with Crippen molar-refractivity contribution in [2.45, 2.75) is 18.8 Å². The Morgan fingerprint density at radius 1 is 1.25 bits per heavy atom. The van der Waals surface area contributed by atoms with Crippen molar-refractivity contribution in [3.8, 4) is 0 Å². The topological polar surface area (TPSA) is 15.3 Å². The summed E-state index contributed by atoms with van der Waals surface area (Å²) in [4.78, 5) is 2.26. The van der Waals surface area contributed by atoms with E-state index in [1.807, 2.05) is 7.05 Å². The number of hydrogen-bond acceptors (Lipinski definition) is 1. The number of thiocarbonyl (C=S) groups is 1. The fourth-order valence-corrected chi connectivity index (χ4v) is 2.48. The van der Waals surface area contributed by atoms with Gasteiger partial charge in [0.25, 0.3) is 0 Å². The van der Waals surface area contributed by atoms with Gasteiger partial charge in [0.15, 0.2) is 5.11 Å². The van der Waals surface area contributed by atoms with Crippen LogP contribution in [0, 0.1) is 0 Å². The molecule has 1 fully saturated rings. The summed E-state index contributed by atoms with van der Waals surface area (Å²) in [6.45, 7) is 2.14. The van der Waals surface area contributed by atoms with Gasteiger partial charge in [0.2, 0.25) is 0 Å². The minimum Gasteiger partial charge on any atom is -0.366 e. The molecule has 0 radical (unpaired) electrons. The van der Waals surface area contributed by atoms with E-state index in [1.165, 1.54) is 18.4 Å². The monoisotopic (exact) mass is 234 g/mol. The predicted octanol–water partition coefficient (Wildman–Crippen LogP) is 2.37. The molecule has 1 saturated heterocycles. The first-order valence-electron chi connectivity index (χ1n) is 5.83. The van der Waals surface area contributed by atoms with E-state index >= 15 is 0 Å².